The normalized spacial score (nSPS) is 12.0. The third kappa shape index (κ3) is 3.97. The van der Waals surface area contributed by atoms with E-state index < -0.39 is 35.0 Å². The number of nitrogens with one attached hydrogen (secondary N) is 1. The topological polar surface area (TPSA) is 58.6 Å². The maximum Gasteiger partial charge on any atom is 0.257 e. The first-order valence-electron chi connectivity index (χ1n) is 6.67. The monoisotopic (exact) mass is 341 g/mol. The summed E-state index contributed by atoms with van der Waals surface area (Å²) in [7, 11) is 1.44. The number of halogens is 3. The average Bonchev–Trinajstić information content (AvgIpc) is 2.52. The standard InChI is InChI=1S/C16H14ClF2NO3/c1-23-13(9-3-2-4-10(17)7-9)8-20-16(22)14-11(18)5-6-12(21)15(14)19/h2-7,13,21H,8H2,1H3,(H,20,22)/t13-/m0/s1. The number of phenolic OH excluding ortho intramolecular Hbond substituents is 1. The van der Waals surface area contributed by atoms with Crippen LogP contribution in [0.25, 0.3) is 0 Å². The molecule has 2 aromatic rings. The Bertz CT molecular complexity index is 724. The quantitative estimate of drug-likeness (QED) is 0.876. The number of ether oxygens (including phenoxy) is 1. The number of phenols is 1. The number of aromatic hydroxyl groups is 1. The zero-order chi connectivity index (χ0) is 17.0. The number of hydrogen-bond donors (Lipinski definition) is 2. The van der Waals surface area contributed by atoms with Gasteiger partial charge in [0.05, 0.1) is 6.10 Å². The van der Waals surface area contributed by atoms with E-state index in [1.165, 1.54) is 7.11 Å². The molecule has 0 aromatic heterocycles. The second-order valence-corrected chi connectivity index (χ2v) is 5.18. The number of hydrogen-bond acceptors (Lipinski definition) is 3. The van der Waals surface area contributed by atoms with Gasteiger partial charge in [-0.2, -0.15) is 0 Å². The van der Waals surface area contributed by atoms with Crippen LogP contribution in [0, 0.1) is 11.6 Å². The third-order valence-electron chi connectivity index (χ3n) is 3.25. The zero-order valence-electron chi connectivity index (χ0n) is 12.1. The SMILES string of the molecule is CO[C@@H](CNC(=O)c1c(F)ccc(O)c1F)c1cccc(Cl)c1. The summed E-state index contributed by atoms with van der Waals surface area (Å²) < 4.78 is 32.5. The van der Waals surface area contributed by atoms with Crippen molar-refractivity contribution in [2.75, 3.05) is 13.7 Å². The van der Waals surface area contributed by atoms with Crippen LogP contribution >= 0.6 is 11.6 Å². The first-order chi connectivity index (χ1) is 10.9. The van der Waals surface area contributed by atoms with Crippen LogP contribution in [0.5, 0.6) is 5.75 Å². The van der Waals surface area contributed by atoms with Crippen LogP contribution in [0.2, 0.25) is 5.02 Å². The van der Waals surface area contributed by atoms with Gasteiger partial charge < -0.3 is 15.2 Å². The number of carbonyl (C=O) groups excluding carboxylic acids is 1. The number of carbonyl (C=O) groups is 1. The van der Waals surface area contributed by atoms with E-state index in [0.29, 0.717) is 10.6 Å². The molecule has 1 atom stereocenters. The molecule has 0 radical (unpaired) electrons. The van der Waals surface area contributed by atoms with Crippen molar-refractivity contribution in [1.29, 1.82) is 0 Å². The molecule has 0 bridgehead atoms. The minimum absolute atomic E-state index is 0.0236. The number of amides is 1. The Hall–Kier alpha value is -2.18. The van der Waals surface area contributed by atoms with Gasteiger partial charge in [0.1, 0.15) is 11.4 Å². The van der Waals surface area contributed by atoms with Gasteiger partial charge >= 0.3 is 0 Å². The molecule has 0 spiro atoms. The smallest absolute Gasteiger partial charge is 0.257 e. The fourth-order valence-electron chi connectivity index (χ4n) is 2.07. The summed E-state index contributed by atoms with van der Waals surface area (Å²) in [6.07, 6.45) is -0.541. The summed E-state index contributed by atoms with van der Waals surface area (Å²) in [6.45, 7) is -0.0236. The summed E-state index contributed by atoms with van der Waals surface area (Å²) in [5.74, 6) is -4.15. The Labute approximate surface area is 136 Å². The molecule has 0 unspecified atom stereocenters. The van der Waals surface area contributed by atoms with Gasteiger partial charge in [0.25, 0.3) is 5.91 Å². The van der Waals surface area contributed by atoms with Crippen molar-refractivity contribution in [3.63, 3.8) is 0 Å². The van der Waals surface area contributed by atoms with Crippen molar-refractivity contribution in [1.82, 2.24) is 5.32 Å². The maximum atomic E-state index is 13.7. The lowest BCUT2D eigenvalue weighted by molar-refractivity contribution is 0.0821. The second kappa shape index (κ2) is 7.39. The zero-order valence-corrected chi connectivity index (χ0v) is 12.9. The molecule has 122 valence electrons. The molecule has 1 amide bonds. The predicted molar refractivity (Wildman–Crippen MR) is 81.6 cm³/mol. The van der Waals surface area contributed by atoms with Gasteiger partial charge in [0.15, 0.2) is 11.6 Å². The van der Waals surface area contributed by atoms with E-state index in [1.807, 2.05) is 0 Å². The summed E-state index contributed by atoms with van der Waals surface area (Å²) in [5, 5.41) is 12.1. The van der Waals surface area contributed by atoms with Crippen LogP contribution in [0.3, 0.4) is 0 Å². The molecule has 0 aliphatic heterocycles. The Morgan fingerprint density at radius 2 is 2.09 bits per heavy atom. The lowest BCUT2D eigenvalue weighted by Crippen LogP contribution is -2.30. The summed E-state index contributed by atoms with van der Waals surface area (Å²) in [6, 6.07) is 8.48. The molecule has 2 rings (SSSR count). The van der Waals surface area contributed by atoms with Crippen LogP contribution in [0.15, 0.2) is 36.4 Å². The molecule has 2 N–H and O–H groups in total. The van der Waals surface area contributed by atoms with Gasteiger partial charge in [-0.1, -0.05) is 23.7 Å². The summed E-state index contributed by atoms with van der Waals surface area (Å²) in [5.41, 5.74) is -0.136. The number of benzene rings is 2. The Morgan fingerprint density at radius 3 is 2.74 bits per heavy atom. The molecule has 0 heterocycles. The summed E-state index contributed by atoms with van der Waals surface area (Å²) in [4.78, 5) is 12.0. The minimum Gasteiger partial charge on any atom is -0.505 e. The highest BCUT2D eigenvalue weighted by molar-refractivity contribution is 6.30. The van der Waals surface area contributed by atoms with Crippen molar-refractivity contribution in [2.45, 2.75) is 6.10 Å². The van der Waals surface area contributed by atoms with Gasteiger partial charge in [-0.3, -0.25) is 4.79 Å². The van der Waals surface area contributed by atoms with Crippen molar-refractivity contribution < 1.29 is 23.4 Å². The average molecular weight is 342 g/mol. The molecule has 0 saturated heterocycles. The van der Waals surface area contributed by atoms with E-state index >= 15 is 0 Å². The molecule has 0 aliphatic rings. The second-order valence-electron chi connectivity index (χ2n) is 4.74. The van der Waals surface area contributed by atoms with E-state index in [2.05, 4.69) is 5.32 Å². The highest BCUT2D eigenvalue weighted by Gasteiger charge is 2.21. The van der Waals surface area contributed by atoms with Crippen molar-refractivity contribution in [2.24, 2.45) is 0 Å². The fraction of sp³-hybridized carbons (Fsp3) is 0.188. The van der Waals surface area contributed by atoms with Crippen LogP contribution in [-0.2, 0) is 4.74 Å². The first kappa shape index (κ1) is 17.2. The van der Waals surface area contributed by atoms with E-state index in [9.17, 15) is 18.7 Å². The summed E-state index contributed by atoms with van der Waals surface area (Å²) >= 11 is 5.89. The molecule has 0 aliphatic carbocycles. The maximum absolute atomic E-state index is 13.7. The molecule has 2 aromatic carbocycles. The number of rotatable bonds is 5. The van der Waals surface area contributed by atoms with Gasteiger partial charge in [0.2, 0.25) is 0 Å². The van der Waals surface area contributed by atoms with Crippen molar-refractivity contribution >= 4 is 17.5 Å². The molecule has 23 heavy (non-hydrogen) atoms. The van der Waals surface area contributed by atoms with Gasteiger partial charge in [0, 0.05) is 18.7 Å². The van der Waals surface area contributed by atoms with E-state index in [-0.39, 0.29) is 6.54 Å². The molecule has 0 saturated carbocycles. The molecular formula is C16H14ClF2NO3. The van der Waals surface area contributed by atoms with E-state index in [1.54, 1.807) is 24.3 Å². The van der Waals surface area contributed by atoms with E-state index in [0.717, 1.165) is 12.1 Å². The molecular weight excluding hydrogens is 328 g/mol. The molecule has 0 fully saturated rings. The minimum atomic E-state index is -1.31. The lowest BCUT2D eigenvalue weighted by atomic mass is 10.1. The Kier molecular flexibility index (Phi) is 5.52. The third-order valence-corrected chi connectivity index (χ3v) is 3.49. The van der Waals surface area contributed by atoms with Crippen LogP contribution in [0.1, 0.15) is 22.0 Å². The molecule has 4 nitrogen and oxygen atoms in total. The van der Waals surface area contributed by atoms with Crippen LogP contribution in [-0.4, -0.2) is 24.7 Å². The van der Waals surface area contributed by atoms with Gasteiger partial charge in [-0.05, 0) is 29.8 Å². The number of methoxy groups -OCH3 is 1. The highest BCUT2D eigenvalue weighted by atomic mass is 35.5. The van der Waals surface area contributed by atoms with Crippen molar-refractivity contribution in [3.05, 3.63) is 64.2 Å². The lowest BCUT2D eigenvalue weighted by Gasteiger charge is -2.17. The highest BCUT2D eigenvalue weighted by Crippen LogP contribution is 2.23. The predicted octanol–water partition coefficient (Wildman–Crippen LogP) is 3.44. The van der Waals surface area contributed by atoms with Gasteiger partial charge in [-0.25, -0.2) is 8.78 Å². The van der Waals surface area contributed by atoms with Crippen LogP contribution in [0.4, 0.5) is 8.78 Å². The largest absolute Gasteiger partial charge is 0.505 e. The van der Waals surface area contributed by atoms with Crippen molar-refractivity contribution in [3.8, 4) is 5.75 Å². The Balaban J connectivity index is 2.13. The fourth-order valence-corrected chi connectivity index (χ4v) is 2.27. The van der Waals surface area contributed by atoms with E-state index in [4.69, 9.17) is 16.3 Å². The molecule has 7 heteroatoms. The van der Waals surface area contributed by atoms with Gasteiger partial charge in [-0.15, -0.1) is 0 Å². The Morgan fingerprint density at radius 1 is 1.35 bits per heavy atom. The first-order valence-corrected chi connectivity index (χ1v) is 7.05. The van der Waals surface area contributed by atoms with Crippen LogP contribution < -0.4 is 5.32 Å².